The normalized spacial score (nSPS) is 12.5. The number of carbonyl (C=O) groups is 1. The first-order chi connectivity index (χ1) is 17.1. The van der Waals surface area contributed by atoms with E-state index in [4.69, 9.17) is 21.3 Å². The number of ether oxygens (including phenoxy) is 1. The van der Waals surface area contributed by atoms with Crippen LogP contribution in [0.3, 0.4) is 0 Å². The first-order valence-electron chi connectivity index (χ1n) is 11.1. The van der Waals surface area contributed by atoms with E-state index in [9.17, 15) is 9.90 Å². The summed E-state index contributed by atoms with van der Waals surface area (Å²) in [5, 5.41) is 25.4. The third kappa shape index (κ3) is 6.10. The predicted octanol–water partition coefficient (Wildman–Crippen LogP) is 5.34. The van der Waals surface area contributed by atoms with Gasteiger partial charge in [-0.25, -0.2) is 9.78 Å². The van der Waals surface area contributed by atoms with E-state index in [1.807, 2.05) is 48.5 Å². The van der Waals surface area contributed by atoms with Crippen LogP contribution in [0.2, 0.25) is 5.02 Å². The van der Waals surface area contributed by atoms with Crippen molar-refractivity contribution in [3.63, 3.8) is 0 Å². The van der Waals surface area contributed by atoms with Crippen molar-refractivity contribution in [1.82, 2.24) is 25.6 Å². The molecule has 2 radical (unpaired) electrons. The Bertz CT molecular complexity index is 1580. The number of aromatic nitrogens is 5. The quantitative estimate of drug-likeness (QED) is 0.269. The molecule has 1 fully saturated rings. The second-order valence-corrected chi connectivity index (χ2v) is 8.79. The average Bonchev–Trinajstić information content (AvgIpc) is 3.57. The number of H-pyrrole nitrogens is 1. The summed E-state index contributed by atoms with van der Waals surface area (Å²) in [5.74, 6) is 0.415. The van der Waals surface area contributed by atoms with Crippen LogP contribution < -0.4 is 4.74 Å². The van der Waals surface area contributed by atoms with Gasteiger partial charge in [-0.1, -0.05) is 54.1 Å². The molecule has 1 aliphatic rings. The van der Waals surface area contributed by atoms with Gasteiger partial charge in [0.05, 0.1) is 11.2 Å². The zero-order valence-corrected chi connectivity index (χ0v) is 27.3. The number of carboxylic acid groups (broad SMARTS) is 1. The number of benzene rings is 3. The largest absolute Gasteiger partial charge is 0.478 e. The van der Waals surface area contributed by atoms with Gasteiger partial charge in [-0.05, 0) is 53.4 Å². The summed E-state index contributed by atoms with van der Waals surface area (Å²) in [6, 6.07) is 20.3. The minimum absolute atomic E-state index is 0. The third-order valence-electron chi connectivity index (χ3n) is 6.01. The van der Waals surface area contributed by atoms with Crippen LogP contribution in [-0.2, 0) is 0 Å². The minimum Gasteiger partial charge on any atom is -0.478 e. The van der Waals surface area contributed by atoms with Crippen molar-refractivity contribution >= 4 is 131 Å². The fourth-order valence-electron chi connectivity index (χ4n) is 4.21. The SMILES string of the molecule is O=C(O)c1c(Oc2ccc(-c3ccccc3-c3nn[nH]n3)cc2)c(C2CC2)nc2cc(Cl)ccc12.[K].[K]. The van der Waals surface area contributed by atoms with Crippen LogP contribution in [0.15, 0.2) is 66.7 Å². The van der Waals surface area contributed by atoms with Gasteiger partial charge in [0.15, 0.2) is 5.75 Å². The molecule has 0 amide bonds. The van der Waals surface area contributed by atoms with E-state index in [0.29, 0.717) is 33.2 Å². The molecule has 2 heterocycles. The Labute approximate surface area is 302 Å². The molecule has 3 aromatic carbocycles. The molecule has 6 rings (SSSR count). The average molecular weight is 562 g/mol. The van der Waals surface area contributed by atoms with Crippen LogP contribution in [0, 0.1) is 0 Å². The van der Waals surface area contributed by atoms with Gasteiger partial charge in [-0.2, -0.15) is 5.21 Å². The topological polar surface area (TPSA) is 114 Å². The molecule has 5 aromatic rings. The van der Waals surface area contributed by atoms with E-state index in [2.05, 4.69) is 20.6 Å². The van der Waals surface area contributed by atoms with Crippen molar-refractivity contribution in [3.05, 3.63) is 83.0 Å². The van der Waals surface area contributed by atoms with Gasteiger partial charge in [0.1, 0.15) is 11.3 Å². The second kappa shape index (κ2) is 12.4. The summed E-state index contributed by atoms with van der Waals surface area (Å²) >= 11 is 6.15. The molecule has 0 bridgehead atoms. The molecule has 37 heavy (non-hydrogen) atoms. The molecule has 8 nitrogen and oxygen atoms in total. The number of hydrogen-bond acceptors (Lipinski definition) is 6. The van der Waals surface area contributed by atoms with Gasteiger partial charge in [0.25, 0.3) is 0 Å². The molecule has 0 atom stereocenters. The Balaban J connectivity index is 0.00000160. The number of aromatic carboxylic acids is 1. The van der Waals surface area contributed by atoms with Gasteiger partial charge in [-0.15, -0.1) is 10.2 Å². The smallest absolute Gasteiger partial charge is 0.340 e. The van der Waals surface area contributed by atoms with E-state index in [1.165, 1.54) is 0 Å². The molecule has 2 N–H and O–H groups in total. The molecule has 2 aromatic heterocycles. The van der Waals surface area contributed by atoms with Crippen LogP contribution >= 0.6 is 11.6 Å². The summed E-state index contributed by atoms with van der Waals surface area (Å²) in [6.07, 6.45) is 1.89. The Morgan fingerprint density at radius 3 is 2.38 bits per heavy atom. The van der Waals surface area contributed by atoms with Crippen LogP contribution in [-0.4, -0.2) is 139 Å². The van der Waals surface area contributed by atoms with Gasteiger partial charge < -0.3 is 9.84 Å². The maximum atomic E-state index is 12.3. The summed E-state index contributed by atoms with van der Waals surface area (Å²) in [6.45, 7) is 0. The second-order valence-electron chi connectivity index (χ2n) is 8.35. The molecule has 0 unspecified atom stereocenters. The molecule has 0 saturated heterocycles. The van der Waals surface area contributed by atoms with E-state index in [1.54, 1.807) is 18.2 Å². The third-order valence-corrected chi connectivity index (χ3v) is 6.24. The van der Waals surface area contributed by atoms with Crippen LogP contribution in [0.25, 0.3) is 33.4 Å². The van der Waals surface area contributed by atoms with Gasteiger partial charge in [-0.3, -0.25) is 0 Å². The summed E-state index contributed by atoms with van der Waals surface area (Å²) in [4.78, 5) is 17.1. The van der Waals surface area contributed by atoms with Crippen molar-refractivity contribution < 1.29 is 14.6 Å². The molecule has 1 saturated carbocycles. The molecule has 174 valence electrons. The number of pyridine rings is 1. The predicted molar refractivity (Wildman–Crippen MR) is 142 cm³/mol. The standard InChI is InChI=1S/C26H18ClN5O3.2K/c27-16-9-12-20-21(13-16)28-23(15-5-6-15)24(22(20)26(33)34)35-17-10-7-14(8-11-17)18-3-1-2-4-19(18)25-29-31-32-30-25;;/h1-4,7-13,15H,5-6H2,(H,33,34)(H,29,30,31,32);;. The van der Waals surface area contributed by atoms with Crippen LogP contribution in [0.5, 0.6) is 11.5 Å². The molecule has 11 heteroatoms. The number of rotatable bonds is 6. The summed E-state index contributed by atoms with van der Waals surface area (Å²) < 4.78 is 6.22. The molecular weight excluding hydrogens is 544 g/mol. The Morgan fingerprint density at radius 2 is 1.73 bits per heavy atom. The van der Waals surface area contributed by atoms with E-state index in [0.717, 1.165) is 29.5 Å². The number of aromatic amines is 1. The van der Waals surface area contributed by atoms with E-state index >= 15 is 0 Å². The zero-order chi connectivity index (χ0) is 23.9. The van der Waals surface area contributed by atoms with Crippen LogP contribution in [0.1, 0.15) is 34.8 Å². The van der Waals surface area contributed by atoms with Crippen molar-refractivity contribution in [2.75, 3.05) is 0 Å². The molecule has 0 aliphatic heterocycles. The first kappa shape index (κ1) is 29.0. The number of fused-ring (bicyclic) bond motifs is 1. The van der Waals surface area contributed by atoms with Crippen LogP contribution in [0.4, 0.5) is 0 Å². The monoisotopic (exact) mass is 561 g/mol. The van der Waals surface area contributed by atoms with Crippen molar-refractivity contribution in [1.29, 1.82) is 0 Å². The van der Waals surface area contributed by atoms with E-state index < -0.39 is 5.97 Å². The van der Waals surface area contributed by atoms with Gasteiger partial charge >= 0.3 is 5.97 Å². The van der Waals surface area contributed by atoms with Gasteiger partial charge in [0, 0.05) is 125 Å². The summed E-state index contributed by atoms with van der Waals surface area (Å²) in [7, 11) is 0. The Hall–Kier alpha value is -1.03. The maximum Gasteiger partial charge on any atom is 0.340 e. The number of hydrogen-bond donors (Lipinski definition) is 2. The molecule has 0 spiro atoms. The molecule has 1 aliphatic carbocycles. The number of nitrogens with zero attached hydrogens (tertiary/aromatic N) is 4. The summed E-state index contributed by atoms with van der Waals surface area (Å²) in [5.41, 5.74) is 4.03. The molecular formula is C26H18ClK2N5O3. The number of nitrogens with one attached hydrogen (secondary N) is 1. The Kier molecular flexibility index (Phi) is 9.74. The van der Waals surface area contributed by atoms with E-state index in [-0.39, 0.29) is 120 Å². The number of carboxylic acids is 1. The van der Waals surface area contributed by atoms with Crippen molar-refractivity contribution in [3.8, 4) is 34.0 Å². The Morgan fingerprint density at radius 1 is 1.00 bits per heavy atom. The number of tetrazole rings is 1. The van der Waals surface area contributed by atoms with Gasteiger partial charge in [0.2, 0.25) is 5.82 Å². The fourth-order valence-corrected chi connectivity index (χ4v) is 4.38. The maximum absolute atomic E-state index is 12.3. The minimum atomic E-state index is -1.07. The zero-order valence-electron chi connectivity index (χ0n) is 20.3. The number of halogens is 1. The fraction of sp³-hybridized carbons (Fsp3) is 0.115. The van der Waals surface area contributed by atoms with Crippen molar-refractivity contribution in [2.45, 2.75) is 18.8 Å². The first-order valence-corrected chi connectivity index (χ1v) is 11.4. The van der Waals surface area contributed by atoms with Crippen molar-refractivity contribution in [2.24, 2.45) is 0 Å².